The number of nitrogens with one attached hydrogen (secondary N) is 1. The van der Waals surface area contributed by atoms with Gasteiger partial charge in [-0.05, 0) is 23.5 Å². The second-order valence-electron chi connectivity index (χ2n) is 7.35. The van der Waals surface area contributed by atoms with Crippen LogP contribution in [0.5, 0.6) is 0 Å². The molecule has 1 amide bonds. The van der Waals surface area contributed by atoms with Gasteiger partial charge in [0, 0.05) is 42.5 Å². The molecule has 0 bridgehead atoms. The quantitative estimate of drug-likeness (QED) is 0.891. The number of H-pyrrole nitrogens is 1. The molecule has 1 saturated heterocycles. The van der Waals surface area contributed by atoms with Gasteiger partial charge in [-0.2, -0.15) is 0 Å². The second-order valence-corrected chi connectivity index (χ2v) is 7.35. The van der Waals surface area contributed by atoms with E-state index in [9.17, 15) is 4.79 Å². The van der Waals surface area contributed by atoms with E-state index in [1.54, 1.807) is 0 Å². The predicted molar refractivity (Wildman–Crippen MR) is 86.3 cm³/mol. The molecule has 1 fully saturated rings. The van der Waals surface area contributed by atoms with E-state index < -0.39 is 0 Å². The van der Waals surface area contributed by atoms with E-state index in [1.807, 2.05) is 4.90 Å². The summed E-state index contributed by atoms with van der Waals surface area (Å²) in [4.78, 5) is 17.7. The second kappa shape index (κ2) is 5.21. The largest absolute Gasteiger partial charge is 0.361 e. The zero-order valence-electron chi connectivity index (χ0n) is 13.1. The Hall–Kier alpha value is -1.77. The van der Waals surface area contributed by atoms with Crippen LogP contribution in [0.3, 0.4) is 0 Å². The maximum absolute atomic E-state index is 12.4. The summed E-state index contributed by atoms with van der Waals surface area (Å²) in [6.07, 6.45) is 3.82. The number of carbonyl (C=O) groups is 1. The van der Waals surface area contributed by atoms with E-state index in [2.05, 4.69) is 56.2 Å². The summed E-state index contributed by atoms with van der Waals surface area (Å²) >= 11 is 0. The summed E-state index contributed by atoms with van der Waals surface area (Å²) in [5.41, 5.74) is 2.61. The van der Waals surface area contributed by atoms with Crippen molar-refractivity contribution in [1.29, 1.82) is 0 Å². The first-order chi connectivity index (χ1) is 9.94. The smallest absolute Gasteiger partial charge is 0.223 e. The molecule has 1 N–H and O–H groups in total. The van der Waals surface area contributed by atoms with Crippen LogP contribution in [-0.4, -0.2) is 28.9 Å². The zero-order valence-corrected chi connectivity index (χ0v) is 13.1. The van der Waals surface area contributed by atoms with Gasteiger partial charge in [0.2, 0.25) is 5.91 Å². The number of likely N-dealkylation sites (tertiary alicyclic amines) is 1. The lowest BCUT2D eigenvalue weighted by Crippen LogP contribution is -2.31. The molecule has 0 spiro atoms. The molecule has 112 valence electrons. The summed E-state index contributed by atoms with van der Waals surface area (Å²) in [6, 6.07) is 8.41. The highest BCUT2D eigenvalue weighted by atomic mass is 16.2. The standard InChI is InChI=1S/C18H24N2O/c1-18(2,3)10-17(21)20-9-8-13(12-20)15-11-19-16-7-5-4-6-14(15)16/h4-7,11,13,19H,8-10,12H2,1-3H3. The van der Waals surface area contributed by atoms with Gasteiger partial charge in [0.15, 0.2) is 0 Å². The fourth-order valence-electron chi connectivity index (χ4n) is 3.24. The molecule has 1 unspecified atom stereocenters. The molecule has 0 saturated carbocycles. The van der Waals surface area contributed by atoms with Crippen LogP contribution in [0, 0.1) is 5.41 Å². The average molecular weight is 284 g/mol. The Morgan fingerprint density at radius 1 is 1.33 bits per heavy atom. The number of hydrogen-bond acceptors (Lipinski definition) is 1. The molecular formula is C18H24N2O. The van der Waals surface area contributed by atoms with E-state index in [0.717, 1.165) is 19.5 Å². The Bertz CT molecular complexity index is 651. The van der Waals surface area contributed by atoms with Crippen molar-refractivity contribution in [3.05, 3.63) is 36.0 Å². The number of carbonyl (C=O) groups excluding carboxylic acids is 1. The minimum Gasteiger partial charge on any atom is -0.361 e. The lowest BCUT2D eigenvalue weighted by atomic mass is 9.91. The minimum atomic E-state index is 0.0654. The van der Waals surface area contributed by atoms with Crippen LogP contribution in [0.2, 0.25) is 0 Å². The highest BCUT2D eigenvalue weighted by Gasteiger charge is 2.30. The van der Waals surface area contributed by atoms with Crippen molar-refractivity contribution in [2.24, 2.45) is 5.41 Å². The summed E-state index contributed by atoms with van der Waals surface area (Å²) in [5, 5.41) is 1.30. The lowest BCUT2D eigenvalue weighted by Gasteiger charge is -2.23. The van der Waals surface area contributed by atoms with Gasteiger partial charge in [0.25, 0.3) is 0 Å². The predicted octanol–water partition coefficient (Wildman–Crippen LogP) is 3.92. The summed E-state index contributed by atoms with van der Waals surface area (Å²) in [7, 11) is 0. The molecule has 1 aliphatic heterocycles. The van der Waals surface area contributed by atoms with Crippen molar-refractivity contribution in [2.45, 2.75) is 39.5 Å². The van der Waals surface area contributed by atoms with Gasteiger partial charge >= 0.3 is 0 Å². The minimum absolute atomic E-state index is 0.0654. The normalized spacial score (nSPS) is 19.4. The SMILES string of the molecule is CC(C)(C)CC(=O)N1CCC(c2c[nH]c3ccccc23)C1. The van der Waals surface area contributed by atoms with Crippen molar-refractivity contribution in [1.82, 2.24) is 9.88 Å². The average Bonchev–Trinajstić information content (AvgIpc) is 3.03. The van der Waals surface area contributed by atoms with Crippen LogP contribution in [-0.2, 0) is 4.79 Å². The van der Waals surface area contributed by atoms with E-state index in [-0.39, 0.29) is 5.41 Å². The van der Waals surface area contributed by atoms with Crippen LogP contribution in [0.25, 0.3) is 10.9 Å². The molecule has 1 aliphatic rings. The summed E-state index contributed by atoms with van der Waals surface area (Å²) in [6.45, 7) is 8.12. The lowest BCUT2D eigenvalue weighted by molar-refractivity contribution is -0.132. The van der Waals surface area contributed by atoms with E-state index in [1.165, 1.54) is 16.5 Å². The van der Waals surface area contributed by atoms with Crippen LogP contribution in [0.15, 0.2) is 30.5 Å². The molecular weight excluding hydrogens is 260 g/mol. The van der Waals surface area contributed by atoms with E-state index in [0.29, 0.717) is 18.2 Å². The molecule has 3 heteroatoms. The number of benzene rings is 1. The fraction of sp³-hybridized carbons (Fsp3) is 0.500. The van der Waals surface area contributed by atoms with Crippen molar-refractivity contribution in [3.8, 4) is 0 Å². The molecule has 1 aromatic heterocycles. The Kier molecular flexibility index (Phi) is 3.52. The third kappa shape index (κ3) is 2.97. The number of para-hydroxylation sites is 1. The van der Waals surface area contributed by atoms with Crippen LogP contribution < -0.4 is 0 Å². The van der Waals surface area contributed by atoms with Gasteiger partial charge in [-0.1, -0.05) is 39.0 Å². The van der Waals surface area contributed by atoms with Gasteiger partial charge in [-0.3, -0.25) is 4.79 Å². The first-order valence-electron chi connectivity index (χ1n) is 7.78. The number of aromatic amines is 1. The van der Waals surface area contributed by atoms with Crippen LogP contribution >= 0.6 is 0 Å². The Labute approximate surface area is 126 Å². The molecule has 2 heterocycles. The van der Waals surface area contributed by atoms with Crippen LogP contribution in [0.4, 0.5) is 0 Å². The Morgan fingerprint density at radius 2 is 2.10 bits per heavy atom. The van der Waals surface area contributed by atoms with Crippen molar-refractivity contribution in [2.75, 3.05) is 13.1 Å². The Morgan fingerprint density at radius 3 is 2.86 bits per heavy atom. The number of hydrogen-bond donors (Lipinski definition) is 1. The molecule has 1 atom stereocenters. The number of rotatable bonds is 2. The first-order valence-corrected chi connectivity index (χ1v) is 7.78. The Balaban J connectivity index is 1.74. The van der Waals surface area contributed by atoms with Gasteiger partial charge in [0.1, 0.15) is 0 Å². The maximum atomic E-state index is 12.4. The number of nitrogens with zero attached hydrogens (tertiary/aromatic N) is 1. The third-order valence-electron chi connectivity index (χ3n) is 4.28. The van der Waals surface area contributed by atoms with Gasteiger partial charge in [-0.25, -0.2) is 0 Å². The summed E-state index contributed by atoms with van der Waals surface area (Å²) in [5.74, 6) is 0.759. The zero-order chi connectivity index (χ0) is 15.0. The molecule has 21 heavy (non-hydrogen) atoms. The van der Waals surface area contributed by atoms with Crippen molar-refractivity contribution >= 4 is 16.8 Å². The number of amides is 1. The topological polar surface area (TPSA) is 36.1 Å². The molecule has 3 nitrogen and oxygen atoms in total. The monoisotopic (exact) mass is 284 g/mol. The van der Waals surface area contributed by atoms with Crippen LogP contribution in [0.1, 0.15) is 45.1 Å². The number of fused-ring (bicyclic) bond motifs is 1. The van der Waals surface area contributed by atoms with Gasteiger partial charge in [0.05, 0.1) is 0 Å². The first kappa shape index (κ1) is 14.2. The molecule has 1 aromatic carbocycles. The molecule has 0 aliphatic carbocycles. The molecule has 0 radical (unpaired) electrons. The number of aromatic nitrogens is 1. The third-order valence-corrected chi connectivity index (χ3v) is 4.28. The molecule has 2 aromatic rings. The fourth-order valence-corrected chi connectivity index (χ4v) is 3.24. The summed E-state index contributed by atoms with van der Waals surface area (Å²) < 4.78 is 0. The van der Waals surface area contributed by atoms with E-state index in [4.69, 9.17) is 0 Å². The maximum Gasteiger partial charge on any atom is 0.223 e. The van der Waals surface area contributed by atoms with Crippen molar-refractivity contribution in [3.63, 3.8) is 0 Å². The highest BCUT2D eigenvalue weighted by molar-refractivity contribution is 5.84. The van der Waals surface area contributed by atoms with Gasteiger partial charge < -0.3 is 9.88 Å². The van der Waals surface area contributed by atoms with Crippen molar-refractivity contribution < 1.29 is 4.79 Å². The molecule has 3 rings (SSSR count). The van der Waals surface area contributed by atoms with Gasteiger partial charge in [-0.15, -0.1) is 0 Å². The van der Waals surface area contributed by atoms with E-state index >= 15 is 0 Å². The highest BCUT2D eigenvalue weighted by Crippen LogP contribution is 2.33.